The minimum Gasteiger partial charge on any atom is -0.487 e. The molecule has 1 fully saturated rings. The van der Waals surface area contributed by atoms with Gasteiger partial charge >= 0.3 is 0 Å². The fourth-order valence-corrected chi connectivity index (χ4v) is 5.26. The third-order valence-corrected chi connectivity index (χ3v) is 7.34. The monoisotopic (exact) mass is 477 g/mol. The SMILES string of the molecule is CN1CCCCCCN(C(=O)c2ccc(N(C)C)cc2)[C@@H]2CCCC[C@@H]2Oc2ccccc2C1=O. The van der Waals surface area contributed by atoms with Crippen LogP contribution in [0.5, 0.6) is 5.75 Å². The van der Waals surface area contributed by atoms with E-state index < -0.39 is 0 Å². The highest BCUT2D eigenvalue weighted by Crippen LogP contribution is 2.31. The first kappa shape index (κ1) is 25.1. The second-order valence-corrected chi connectivity index (χ2v) is 10.1. The number of fused-ring (bicyclic) bond motifs is 2. The summed E-state index contributed by atoms with van der Waals surface area (Å²) in [4.78, 5) is 32.9. The van der Waals surface area contributed by atoms with Crippen LogP contribution in [0.4, 0.5) is 5.69 Å². The number of ether oxygens (including phenoxy) is 1. The third-order valence-electron chi connectivity index (χ3n) is 7.34. The van der Waals surface area contributed by atoms with Crippen LogP contribution in [0.3, 0.4) is 0 Å². The van der Waals surface area contributed by atoms with Gasteiger partial charge in [0.2, 0.25) is 0 Å². The van der Waals surface area contributed by atoms with Crippen LogP contribution in [0.25, 0.3) is 0 Å². The first-order chi connectivity index (χ1) is 17.0. The molecule has 0 bridgehead atoms. The zero-order valence-electron chi connectivity index (χ0n) is 21.4. The molecule has 35 heavy (non-hydrogen) atoms. The molecule has 0 spiro atoms. The molecular weight excluding hydrogens is 438 g/mol. The molecule has 6 heteroatoms. The molecule has 2 amide bonds. The Morgan fingerprint density at radius 3 is 2.31 bits per heavy atom. The van der Waals surface area contributed by atoms with E-state index in [1.807, 2.05) is 74.6 Å². The molecule has 6 nitrogen and oxygen atoms in total. The van der Waals surface area contributed by atoms with Gasteiger partial charge in [-0.05, 0) is 68.5 Å². The van der Waals surface area contributed by atoms with E-state index in [0.29, 0.717) is 11.3 Å². The Bertz CT molecular complexity index is 1000. The number of benzene rings is 2. The predicted octanol–water partition coefficient (Wildman–Crippen LogP) is 5.23. The highest BCUT2D eigenvalue weighted by Gasteiger charge is 2.35. The molecule has 1 saturated carbocycles. The number of nitrogens with zero attached hydrogens (tertiary/aromatic N) is 3. The van der Waals surface area contributed by atoms with Crippen molar-refractivity contribution in [3.8, 4) is 5.75 Å². The largest absolute Gasteiger partial charge is 0.487 e. The number of hydrogen-bond donors (Lipinski definition) is 0. The molecule has 0 N–H and O–H groups in total. The fourth-order valence-electron chi connectivity index (χ4n) is 5.26. The van der Waals surface area contributed by atoms with Gasteiger partial charge in [-0.2, -0.15) is 0 Å². The summed E-state index contributed by atoms with van der Waals surface area (Å²) >= 11 is 0. The molecule has 0 radical (unpaired) electrons. The lowest BCUT2D eigenvalue weighted by Gasteiger charge is -2.40. The average Bonchev–Trinajstić information content (AvgIpc) is 2.88. The van der Waals surface area contributed by atoms with Crippen LogP contribution < -0.4 is 9.64 Å². The Labute approximate surface area is 209 Å². The van der Waals surface area contributed by atoms with E-state index in [9.17, 15) is 9.59 Å². The molecule has 2 aliphatic rings. The van der Waals surface area contributed by atoms with Crippen molar-refractivity contribution in [1.82, 2.24) is 9.80 Å². The summed E-state index contributed by atoms with van der Waals surface area (Å²) in [6.07, 6.45) is 7.82. The molecule has 1 aliphatic heterocycles. The van der Waals surface area contributed by atoms with Crippen molar-refractivity contribution < 1.29 is 14.3 Å². The Balaban J connectivity index is 1.65. The first-order valence-corrected chi connectivity index (χ1v) is 13.0. The highest BCUT2D eigenvalue weighted by atomic mass is 16.5. The molecule has 2 atom stereocenters. The van der Waals surface area contributed by atoms with Crippen LogP contribution in [0, 0.1) is 0 Å². The smallest absolute Gasteiger partial charge is 0.257 e. The second-order valence-electron chi connectivity index (χ2n) is 10.1. The van der Waals surface area contributed by atoms with Crippen LogP contribution in [0.1, 0.15) is 72.1 Å². The lowest BCUT2D eigenvalue weighted by molar-refractivity contribution is 0.0268. The normalized spacial score (nSPS) is 21.9. The van der Waals surface area contributed by atoms with E-state index in [0.717, 1.165) is 75.7 Å². The minimum atomic E-state index is -0.129. The Hall–Kier alpha value is -3.02. The zero-order valence-corrected chi connectivity index (χ0v) is 21.4. The molecule has 1 aliphatic carbocycles. The van der Waals surface area contributed by atoms with Crippen molar-refractivity contribution in [1.29, 1.82) is 0 Å². The van der Waals surface area contributed by atoms with Gasteiger partial charge in [-0.1, -0.05) is 31.4 Å². The van der Waals surface area contributed by atoms with Gasteiger partial charge in [0.15, 0.2) is 0 Å². The second kappa shape index (κ2) is 11.6. The average molecular weight is 478 g/mol. The van der Waals surface area contributed by atoms with Gasteiger partial charge in [0.25, 0.3) is 11.8 Å². The maximum absolute atomic E-state index is 13.8. The summed E-state index contributed by atoms with van der Waals surface area (Å²) in [5.41, 5.74) is 2.40. The zero-order chi connectivity index (χ0) is 24.8. The lowest BCUT2D eigenvalue weighted by Crippen LogP contribution is -2.51. The van der Waals surface area contributed by atoms with Gasteiger partial charge in [0, 0.05) is 45.5 Å². The van der Waals surface area contributed by atoms with E-state index >= 15 is 0 Å². The van der Waals surface area contributed by atoms with Gasteiger partial charge in [-0.15, -0.1) is 0 Å². The van der Waals surface area contributed by atoms with Crippen LogP contribution in [-0.4, -0.2) is 68.0 Å². The highest BCUT2D eigenvalue weighted by molar-refractivity contribution is 5.97. The number of amides is 2. The fraction of sp³-hybridized carbons (Fsp3) is 0.517. The van der Waals surface area contributed by atoms with Crippen LogP contribution in [0.2, 0.25) is 0 Å². The topological polar surface area (TPSA) is 53.1 Å². The van der Waals surface area contributed by atoms with E-state index in [1.165, 1.54) is 0 Å². The van der Waals surface area contributed by atoms with Gasteiger partial charge in [-0.3, -0.25) is 9.59 Å². The Kier molecular flexibility index (Phi) is 8.32. The van der Waals surface area contributed by atoms with Crippen molar-refractivity contribution in [2.24, 2.45) is 0 Å². The molecular formula is C29H39N3O3. The number of anilines is 1. The summed E-state index contributed by atoms with van der Waals surface area (Å²) < 4.78 is 6.58. The van der Waals surface area contributed by atoms with E-state index in [4.69, 9.17) is 4.74 Å². The maximum Gasteiger partial charge on any atom is 0.257 e. The molecule has 188 valence electrons. The molecule has 0 saturated heterocycles. The third kappa shape index (κ3) is 5.98. The maximum atomic E-state index is 13.8. The van der Waals surface area contributed by atoms with Crippen molar-refractivity contribution in [3.63, 3.8) is 0 Å². The number of hydrogen-bond acceptors (Lipinski definition) is 4. The Morgan fingerprint density at radius 1 is 0.886 bits per heavy atom. The molecule has 2 aromatic carbocycles. The number of para-hydroxylation sites is 1. The van der Waals surface area contributed by atoms with Crippen molar-refractivity contribution in [2.75, 3.05) is 39.1 Å². The summed E-state index contributed by atoms with van der Waals surface area (Å²) in [5.74, 6) is 0.701. The number of carbonyl (C=O) groups excluding carboxylic acids is 2. The lowest BCUT2D eigenvalue weighted by atomic mass is 9.90. The quantitative estimate of drug-likeness (QED) is 0.594. The number of rotatable bonds is 2. The van der Waals surface area contributed by atoms with Crippen molar-refractivity contribution in [2.45, 2.75) is 63.5 Å². The predicted molar refractivity (Wildman–Crippen MR) is 140 cm³/mol. The van der Waals surface area contributed by atoms with E-state index in [-0.39, 0.29) is 24.0 Å². The van der Waals surface area contributed by atoms with Gasteiger partial charge in [-0.25, -0.2) is 0 Å². The number of carbonyl (C=O) groups is 2. The summed E-state index contributed by atoms with van der Waals surface area (Å²) in [6.45, 7) is 1.45. The van der Waals surface area contributed by atoms with Crippen molar-refractivity contribution in [3.05, 3.63) is 59.7 Å². The summed E-state index contributed by atoms with van der Waals surface area (Å²) in [5, 5.41) is 0. The standard InChI is InChI=1S/C29H39N3O3/c1-30(2)23-18-16-22(17-19-23)28(33)32-21-11-5-4-10-20-31(3)29(34)24-12-6-8-14-26(24)35-27-15-9-7-13-25(27)32/h6,8,12,14,16-19,25,27H,4-5,7,9-11,13,15,20-21H2,1-3H3/t25-,27+/m1/s1. The first-order valence-electron chi connectivity index (χ1n) is 13.0. The van der Waals surface area contributed by atoms with Crippen LogP contribution >= 0.6 is 0 Å². The van der Waals surface area contributed by atoms with Crippen LogP contribution in [0.15, 0.2) is 48.5 Å². The van der Waals surface area contributed by atoms with Gasteiger partial charge in [0.05, 0.1) is 11.6 Å². The van der Waals surface area contributed by atoms with Gasteiger partial charge in [0.1, 0.15) is 11.9 Å². The molecule has 4 rings (SSSR count). The summed E-state index contributed by atoms with van der Waals surface area (Å²) in [6, 6.07) is 15.4. The Morgan fingerprint density at radius 2 is 1.57 bits per heavy atom. The van der Waals surface area contributed by atoms with E-state index in [1.54, 1.807) is 4.90 Å². The summed E-state index contributed by atoms with van der Waals surface area (Å²) in [7, 11) is 5.88. The molecule has 1 heterocycles. The van der Waals surface area contributed by atoms with E-state index in [2.05, 4.69) is 4.90 Å². The van der Waals surface area contributed by atoms with Gasteiger partial charge < -0.3 is 19.4 Å². The molecule has 0 unspecified atom stereocenters. The molecule has 2 aromatic rings. The molecule has 0 aromatic heterocycles. The van der Waals surface area contributed by atoms with Crippen molar-refractivity contribution >= 4 is 17.5 Å². The minimum absolute atomic E-state index is 0.000988. The van der Waals surface area contributed by atoms with Crippen LogP contribution in [-0.2, 0) is 0 Å².